The van der Waals surface area contributed by atoms with E-state index in [2.05, 4.69) is 6.92 Å². The standard InChI is InChI=1S/C25H38O7/c1-15-13-20(27)32-16(15)14-19(26)25(5,31)12-8-18-22(2)9-6-10-23(3,21(28)29)17(22)7-11-24(18,4)30/h13-14,17-19,26,30-31H,6-12H2,1-5H3,(H,28,29)/b16-14-/t17?,18-,19+,22+,23-,24-,25+/m1/s1. The summed E-state index contributed by atoms with van der Waals surface area (Å²) in [5.41, 5.74) is -3.11. The van der Waals surface area contributed by atoms with E-state index in [1.54, 1.807) is 6.92 Å². The zero-order valence-electron chi connectivity index (χ0n) is 19.9. The lowest BCUT2D eigenvalue weighted by atomic mass is 9.44. The molecular weight excluding hydrogens is 412 g/mol. The van der Waals surface area contributed by atoms with Gasteiger partial charge in [0.1, 0.15) is 11.9 Å². The third-order valence-corrected chi connectivity index (χ3v) is 8.77. The van der Waals surface area contributed by atoms with Gasteiger partial charge in [0, 0.05) is 6.08 Å². The van der Waals surface area contributed by atoms with Crippen LogP contribution in [0, 0.1) is 22.7 Å². The van der Waals surface area contributed by atoms with Crippen LogP contribution in [0.5, 0.6) is 0 Å². The topological polar surface area (TPSA) is 124 Å². The predicted molar refractivity (Wildman–Crippen MR) is 118 cm³/mol. The van der Waals surface area contributed by atoms with Crippen LogP contribution in [0.4, 0.5) is 0 Å². The molecule has 3 aliphatic rings. The molecule has 7 atom stereocenters. The maximum atomic E-state index is 12.2. The van der Waals surface area contributed by atoms with Gasteiger partial charge in [-0.25, -0.2) is 4.79 Å². The molecule has 1 heterocycles. The fourth-order valence-corrected chi connectivity index (χ4v) is 6.73. The van der Waals surface area contributed by atoms with Crippen LogP contribution in [0.15, 0.2) is 23.5 Å². The molecule has 0 saturated heterocycles. The molecule has 180 valence electrons. The summed E-state index contributed by atoms with van der Waals surface area (Å²) >= 11 is 0. The number of aliphatic hydroxyl groups is 3. The van der Waals surface area contributed by atoms with Crippen LogP contribution in [0.2, 0.25) is 0 Å². The van der Waals surface area contributed by atoms with Crippen molar-refractivity contribution in [3.05, 3.63) is 23.5 Å². The van der Waals surface area contributed by atoms with Gasteiger partial charge in [0.25, 0.3) is 0 Å². The minimum atomic E-state index is -1.51. The summed E-state index contributed by atoms with van der Waals surface area (Å²) in [6, 6.07) is 0. The third kappa shape index (κ3) is 4.27. The number of carbonyl (C=O) groups excluding carboxylic acids is 1. The predicted octanol–water partition coefficient (Wildman–Crippen LogP) is 3.32. The maximum Gasteiger partial charge on any atom is 0.336 e. The molecule has 2 aliphatic carbocycles. The maximum absolute atomic E-state index is 12.2. The van der Waals surface area contributed by atoms with Crippen molar-refractivity contribution in [1.29, 1.82) is 0 Å². The average Bonchev–Trinajstić information content (AvgIpc) is 2.97. The van der Waals surface area contributed by atoms with Gasteiger partial charge in [-0.05, 0) is 95.1 Å². The lowest BCUT2D eigenvalue weighted by Crippen LogP contribution is -2.60. The van der Waals surface area contributed by atoms with Crippen LogP contribution in [-0.2, 0) is 14.3 Å². The fraction of sp³-hybridized carbons (Fsp3) is 0.760. The lowest BCUT2D eigenvalue weighted by molar-refractivity contribution is -0.193. The van der Waals surface area contributed by atoms with Gasteiger partial charge < -0.3 is 25.2 Å². The van der Waals surface area contributed by atoms with Crippen molar-refractivity contribution in [3.63, 3.8) is 0 Å². The minimum absolute atomic E-state index is 0.0610. The van der Waals surface area contributed by atoms with Crippen LogP contribution in [0.3, 0.4) is 0 Å². The van der Waals surface area contributed by atoms with E-state index in [9.17, 15) is 30.0 Å². The van der Waals surface area contributed by atoms with Gasteiger partial charge >= 0.3 is 11.9 Å². The van der Waals surface area contributed by atoms with E-state index < -0.39 is 34.7 Å². The molecular formula is C25H38O7. The molecule has 0 amide bonds. The first-order valence-corrected chi connectivity index (χ1v) is 11.6. The van der Waals surface area contributed by atoms with Gasteiger partial charge in [-0.1, -0.05) is 13.3 Å². The number of ether oxygens (including phenoxy) is 1. The Kier molecular flexibility index (Phi) is 6.44. The smallest absolute Gasteiger partial charge is 0.336 e. The molecule has 0 bridgehead atoms. The second-order valence-electron chi connectivity index (χ2n) is 11.2. The monoisotopic (exact) mass is 450 g/mol. The van der Waals surface area contributed by atoms with Gasteiger partial charge in [-0.15, -0.1) is 0 Å². The quantitative estimate of drug-likeness (QED) is 0.458. The number of carbonyl (C=O) groups is 2. The van der Waals surface area contributed by atoms with Gasteiger partial charge in [-0.3, -0.25) is 4.79 Å². The molecule has 0 aromatic carbocycles. The summed E-state index contributed by atoms with van der Waals surface area (Å²) in [5.74, 6) is -1.32. The van der Waals surface area contributed by atoms with Crippen LogP contribution in [-0.4, -0.2) is 49.7 Å². The SMILES string of the molecule is CC1=CC(=O)O/C1=C\[C@H](O)[C@@](C)(O)CC[C@@H]1[C@@]2(C)CCC[C@@](C)(C(=O)O)C2CC[C@@]1(C)O. The Morgan fingerprint density at radius 2 is 1.97 bits per heavy atom. The number of carboxylic acids is 1. The number of fused-ring (bicyclic) bond motifs is 1. The Bertz CT molecular complexity index is 839. The van der Waals surface area contributed by atoms with E-state index >= 15 is 0 Å². The molecule has 0 radical (unpaired) electrons. The van der Waals surface area contributed by atoms with E-state index in [-0.39, 0.29) is 29.4 Å². The Morgan fingerprint density at radius 3 is 2.53 bits per heavy atom. The number of carboxylic acid groups (broad SMARTS) is 1. The largest absolute Gasteiger partial charge is 0.481 e. The lowest BCUT2D eigenvalue weighted by Gasteiger charge is -2.61. The van der Waals surface area contributed by atoms with Crippen molar-refractivity contribution < 1.29 is 34.8 Å². The first-order chi connectivity index (χ1) is 14.6. The zero-order valence-corrected chi connectivity index (χ0v) is 19.9. The van der Waals surface area contributed by atoms with Crippen molar-refractivity contribution >= 4 is 11.9 Å². The van der Waals surface area contributed by atoms with E-state index in [4.69, 9.17) is 4.74 Å². The Balaban J connectivity index is 1.81. The summed E-state index contributed by atoms with van der Waals surface area (Å²) in [7, 11) is 0. The number of hydrogen-bond acceptors (Lipinski definition) is 6. The number of esters is 1. The highest BCUT2D eigenvalue weighted by Crippen LogP contribution is 2.63. The summed E-state index contributed by atoms with van der Waals surface area (Å²) in [4.78, 5) is 23.6. The molecule has 3 rings (SSSR count). The van der Waals surface area contributed by atoms with Crippen molar-refractivity contribution in [1.82, 2.24) is 0 Å². The molecule has 32 heavy (non-hydrogen) atoms. The number of hydrogen-bond donors (Lipinski definition) is 4. The molecule has 7 nitrogen and oxygen atoms in total. The van der Waals surface area contributed by atoms with Crippen molar-refractivity contribution in [3.8, 4) is 0 Å². The number of aliphatic hydroxyl groups excluding tert-OH is 1. The number of cyclic esters (lactones) is 1. The van der Waals surface area contributed by atoms with E-state index in [1.165, 1.54) is 19.1 Å². The highest BCUT2D eigenvalue weighted by molar-refractivity contribution is 5.88. The van der Waals surface area contributed by atoms with Crippen molar-refractivity contribution in [2.75, 3.05) is 0 Å². The van der Waals surface area contributed by atoms with Gasteiger partial charge in [0.05, 0.1) is 16.6 Å². The van der Waals surface area contributed by atoms with E-state index in [0.717, 1.165) is 12.8 Å². The molecule has 2 saturated carbocycles. The van der Waals surface area contributed by atoms with E-state index in [1.807, 2.05) is 13.8 Å². The third-order valence-electron chi connectivity index (χ3n) is 8.77. The van der Waals surface area contributed by atoms with Crippen LogP contribution in [0.25, 0.3) is 0 Å². The Labute approximate surface area is 190 Å². The minimum Gasteiger partial charge on any atom is -0.481 e. The molecule has 1 unspecified atom stereocenters. The molecule has 0 aromatic heterocycles. The Hall–Kier alpha value is -1.70. The second kappa shape index (κ2) is 8.26. The fourth-order valence-electron chi connectivity index (χ4n) is 6.73. The molecule has 7 heteroatoms. The van der Waals surface area contributed by atoms with Crippen LogP contribution < -0.4 is 0 Å². The second-order valence-corrected chi connectivity index (χ2v) is 11.2. The summed E-state index contributed by atoms with van der Waals surface area (Å²) < 4.78 is 5.06. The highest BCUT2D eigenvalue weighted by atomic mass is 16.5. The molecule has 4 N–H and O–H groups in total. The van der Waals surface area contributed by atoms with E-state index in [0.29, 0.717) is 31.3 Å². The normalized spacial score (nSPS) is 41.4. The summed E-state index contributed by atoms with van der Waals surface area (Å²) in [5, 5.41) is 43.0. The van der Waals surface area contributed by atoms with Crippen LogP contribution in [0.1, 0.15) is 79.6 Å². The first-order valence-electron chi connectivity index (χ1n) is 11.6. The zero-order chi connectivity index (χ0) is 24.1. The molecule has 0 aromatic rings. The summed E-state index contributed by atoms with van der Waals surface area (Å²) in [6.07, 6.45) is 5.48. The van der Waals surface area contributed by atoms with Gasteiger partial charge in [-0.2, -0.15) is 0 Å². The number of allylic oxidation sites excluding steroid dienone is 1. The number of rotatable bonds is 6. The molecule has 2 fully saturated rings. The highest BCUT2D eigenvalue weighted by Gasteiger charge is 2.61. The summed E-state index contributed by atoms with van der Waals surface area (Å²) in [6.45, 7) is 8.96. The Morgan fingerprint density at radius 1 is 1.31 bits per heavy atom. The first kappa shape index (κ1) is 24.9. The molecule has 0 spiro atoms. The number of aliphatic carboxylic acids is 1. The molecule has 1 aliphatic heterocycles. The van der Waals surface area contributed by atoms with Crippen molar-refractivity contribution in [2.24, 2.45) is 22.7 Å². The van der Waals surface area contributed by atoms with Crippen LogP contribution >= 0.6 is 0 Å². The van der Waals surface area contributed by atoms with Gasteiger partial charge in [0.2, 0.25) is 0 Å². The average molecular weight is 451 g/mol. The van der Waals surface area contributed by atoms with Gasteiger partial charge in [0.15, 0.2) is 0 Å². The van der Waals surface area contributed by atoms with Crippen molar-refractivity contribution in [2.45, 2.75) is 96.9 Å².